The van der Waals surface area contributed by atoms with E-state index in [1.807, 2.05) is 32.8 Å². The minimum Gasteiger partial charge on any atom is -0.378 e. The van der Waals surface area contributed by atoms with E-state index in [0.29, 0.717) is 16.9 Å². The number of carbonyl (C=O) groups excluding carboxylic acids is 2. The average Bonchev–Trinajstić information content (AvgIpc) is 3.60. The summed E-state index contributed by atoms with van der Waals surface area (Å²) in [6.45, 7) is 4.05. The van der Waals surface area contributed by atoms with Gasteiger partial charge in [0.05, 0.1) is 11.3 Å². The van der Waals surface area contributed by atoms with Crippen LogP contribution in [0.3, 0.4) is 0 Å². The van der Waals surface area contributed by atoms with Crippen LogP contribution in [0.2, 0.25) is 0 Å². The predicted octanol–water partition coefficient (Wildman–Crippen LogP) is 3.19. The second-order valence-corrected chi connectivity index (χ2v) is 12.3. The summed E-state index contributed by atoms with van der Waals surface area (Å²) in [6.07, 6.45) is 4.47. The molecular weight excluding hydrogens is 532 g/mol. The first-order valence-electron chi connectivity index (χ1n) is 12.5. The van der Waals surface area contributed by atoms with Crippen molar-refractivity contribution in [1.29, 1.82) is 0 Å². The van der Waals surface area contributed by atoms with E-state index in [2.05, 4.69) is 30.8 Å². The summed E-state index contributed by atoms with van der Waals surface area (Å²) < 4.78 is 28.2. The van der Waals surface area contributed by atoms with Gasteiger partial charge in [-0.15, -0.1) is 0 Å². The van der Waals surface area contributed by atoms with Crippen LogP contribution in [-0.2, 0) is 22.0 Å². The Bertz CT molecular complexity index is 1660. The van der Waals surface area contributed by atoms with Crippen LogP contribution < -0.4 is 15.5 Å². The Balaban J connectivity index is 1.46. The molecule has 208 valence electrons. The summed E-state index contributed by atoms with van der Waals surface area (Å²) in [6, 6.07) is 11.5. The number of hydrogen-bond acceptors (Lipinski definition) is 7. The number of nitrogens with one attached hydrogen (secondary N) is 4. The zero-order valence-electron chi connectivity index (χ0n) is 22.5. The van der Waals surface area contributed by atoms with Crippen LogP contribution in [0.4, 0.5) is 17.2 Å². The highest BCUT2D eigenvalue weighted by Gasteiger charge is 2.41. The first-order valence-corrected chi connectivity index (χ1v) is 14.0. The van der Waals surface area contributed by atoms with Crippen molar-refractivity contribution in [3.05, 3.63) is 83.6 Å². The number of fused-ring (bicyclic) bond motifs is 1. The Morgan fingerprint density at radius 1 is 1.07 bits per heavy atom. The number of pyridine rings is 1. The highest BCUT2D eigenvalue weighted by Crippen LogP contribution is 2.38. The number of rotatable bonds is 7. The lowest BCUT2D eigenvalue weighted by atomic mass is 9.84. The molecule has 4 N–H and O–H groups in total. The van der Waals surface area contributed by atoms with Crippen LogP contribution in [0.5, 0.6) is 0 Å². The Morgan fingerprint density at radius 2 is 1.88 bits per heavy atom. The quantitative estimate of drug-likeness (QED) is 0.269. The van der Waals surface area contributed by atoms with Gasteiger partial charge >= 0.3 is 0 Å². The van der Waals surface area contributed by atoms with E-state index in [0.717, 1.165) is 11.4 Å². The highest BCUT2D eigenvalue weighted by atomic mass is 32.2. The molecule has 3 aromatic heterocycles. The fourth-order valence-electron chi connectivity index (χ4n) is 4.70. The van der Waals surface area contributed by atoms with Crippen LogP contribution >= 0.6 is 0 Å². The molecule has 0 fully saturated rings. The largest absolute Gasteiger partial charge is 0.378 e. The summed E-state index contributed by atoms with van der Waals surface area (Å²) in [7, 11) is -0.133. The molecule has 4 aromatic rings. The van der Waals surface area contributed by atoms with E-state index < -0.39 is 27.3 Å². The zero-order chi connectivity index (χ0) is 28.7. The number of aromatic nitrogens is 4. The van der Waals surface area contributed by atoms with Gasteiger partial charge in [0.25, 0.3) is 11.8 Å². The van der Waals surface area contributed by atoms with Gasteiger partial charge in [-0.05, 0) is 42.5 Å². The molecule has 0 bridgehead atoms. The SMILES string of the molecule is CN(C)c1ccc(C(=O)Nc2n[nH]c3c2CN(S(=O)(=O)c2cccnc2)CC3(C)C)c(NC(=O)c2ccc[nH]2)c1. The third-order valence-electron chi connectivity index (χ3n) is 6.81. The summed E-state index contributed by atoms with van der Waals surface area (Å²) in [5, 5.41) is 13.0. The smallest absolute Gasteiger partial charge is 0.272 e. The third kappa shape index (κ3) is 5.08. The molecule has 0 saturated heterocycles. The van der Waals surface area contributed by atoms with Crippen molar-refractivity contribution in [2.24, 2.45) is 0 Å². The number of hydrogen-bond donors (Lipinski definition) is 4. The molecule has 0 spiro atoms. The average molecular weight is 563 g/mol. The number of aromatic amines is 2. The Morgan fingerprint density at radius 3 is 2.55 bits per heavy atom. The maximum absolute atomic E-state index is 13.6. The van der Waals surface area contributed by atoms with E-state index in [4.69, 9.17) is 0 Å². The normalized spacial score (nSPS) is 14.8. The number of carbonyl (C=O) groups is 2. The maximum Gasteiger partial charge on any atom is 0.272 e. The standard InChI is InChI=1S/C27H30N8O4S/c1-27(2)16-35(40(38,39)18-7-5-11-28-14-18)15-20-23(27)32-33-24(20)31-25(36)19-10-9-17(34(3)4)13-22(19)30-26(37)21-8-6-12-29-21/h5-14,29H,15-16H2,1-4H3,(H,30,37)(H2,31,32,33,36). The van der Waals surface area contributed by atoms with Crippen LogP contribution in [0.15, 0.2) is 66.0 Å². The number of anilines is 3. The zero-order valence-corrected chi connectivity index (χ0v) is 23.3. The molecule has 4 heterocycles. The molecule has 12 nitrogen and oxygen atoms in total. The lowest BCUT2D eigenvalue weighted by Crippen LogP contribution is -2.45. The van der Waals surface area contributed by atoms with Crippen molar-refractivity contribution in [3.63, 3.8) is 0 Å². The second kappa shape index (κ2) is 10.2. The monoisotopic (exact) mass is 562 g/mol. The van der Waals surface area contributed by atoms with Crippen LogP contribution in [-0.4, -0.2) is 65.3 Å². The minimum atomic E-state index is -3.84. The van der Waals surface area contributed by atoms with Crippen LogP contribution in [0.25, 0.3) is 0 Å². The Kier molecular flexibility index (Phi) is 6.94. The summed E-state index contributed by atoms with van der Waals surface area (Å²) in [5.74, 6) is -0.686. The third-order valence-corrected chi connectivity index (χ3v) is 8.58. The fourth-order valence-corrected chi connectivity index (χ4v) is 6.24. The molecule has 13 heteroatoms. The van der Waals surface area contributed by atoms with E-state index >= 15 is 0 Å². The molecule has 1 aromatic carbocycles. The van der Waals surface area contributed by atoms with Gasteiger partial charge in [0.15, 0.2) is 5.82 Å². The number of benzene rings is 1. The van der Waals surface area contributed by atoms with Crippen molar-refractivity contribution in [1.82, 2.24) is 24.5 Å². The van der Waals surface area contributed by atoms with Crippen molar-refractivity contribution in [2.45, 2.75) is 30.7 Å². The molecule has 1 aliphatic rings. The topological polar surface area (TPSA) is 156 Å². The van der Waals surface area contributed by atoms with E-state index in [9.17, 15) is 18.0 Å². The van der Waals surface area contributed by atoms with Gasteiger partial charge in [-0.2, -0.15) is 9.40 Å². The highest BCUT2D eigenvalue weighted by molar-refractivity contribution is 7.89. The number of nitrogens with zero attached hydrogens (tertiary/aromatic N) is 4. The lowest BCUT2D eigenvalue weighted by molar-refractivity contribution is 0.102. The molecule has 0 aliphatic carbocycles. The molecule has 2 amide bonds. The second-order valence-electron chi connectivity index (χ2n) is 10.4. The van der Waals surface area contributed by atoms with Crippen molar-refractivity contribution in [3.8, 4) is 0 Å². The molecule has 0 saturated carbocycles. The maximum atomic E-state index is 13.6. The van der Waals surface area contributed by atoms with Gasteiger partial charge < -0.3 is 20.5 Å². The van der Waals surface area contributed by atoms with Gasteiger partial charge in [-0.1, -0.05) is 13.8 Å². The van der Waals surface area contributed by atoms with E-state index in [1.165, 1.54) is 22.8 Å². The van der Waals surface area contributed by atoms with E-state index in [-0.39, 0.29) is 29.4 Å². The first kappa shape index (κ1) is 27.1. The summed E-state index contributed by atoms with van der Waals surface area (Å²) in [5.41, 5.74) is 2.36. The molecule has 5 rings (SSSR count). The summed E-state index contributed by atoms with van der Waals surface area (Å²) >= 11 is 0. The minimum absolute atomic E-state index is 0.0120. The molecule has 0 unspecified atom stereocenters. The molecule has 40 heavy (non-hydrogen) atoms. The number of sulfonamides is 1. The predicted molar refractivity (Wildman–Crippen MR) is 151 cm³/mol. The first-order chi connectivity index (χ1) is 19.0. The Hall–Kier alpha value is -4.49. The summed E-state index contributed by atoms with van der Waals surface area (Å²) in [4.78, 5) is 35.1. The van der Waals surface area contributed by atoms with Gasteiger partial charge in [0.1, 0.15) is 10.6 Å². The van der Waals surface area contributed by atoms with Crippen molar-refractivity contribution in [2.75, 3.05) is 36.2 Å². The van der Waals surface area contributed by atoms with Crippen LogP contribution in [0, 0.1) is 0 Å². The number of H-pyrrole nitrogens is 2. The van der Waals surface area contributed by atoms with E-state index in [1.54, 1.807) is 42.6 Å². The van der Waals surface area contributed by atoms with Gasteiger partial charge in [-0.3, -0.25) is 19.7 Å². The van der Waals surface area contributed by atoms with Gasteiger partial charge in [-0.25, -0.2) is 8.42 Å². The van der Waals surface area contributed by atoms with Gasteiger partial charge in [0, 0.05) is 68.1 Å². The Labute approximate surface area is 231 Å². The van der Waals surface area contributed by atoms with Crippen molar-refractivity contribution < 1.29 is 18.0 Å². The molecule has 0 atom stereocenters. The lowest BCUT2D eigenvalue weighted by Gasteiger charge is -2.36. The molecular formula is C27H30N8O4S. The molecule has 1 aliphatic heterocycles. The van der Waals surface area contributed by atoms with Crippen molar-refractivity contribution >= 4 is 39.0 Å². The fraction of sp³-hybridized carbons (Fsp3) is 0.259. The van der Waals surface area contributed by atoms with Crippen LogP contribution in [0.1, 0.15) is 46.0 Å². The molecule has 0 radical (unpaired) electrons. The number of amides is 2. The van der Waals surface area contributed by atoms with Gasteiger partial charge in [0.2, 0.25) is 10.0 Å².